The molecule has 1 aromatic heterocycles. The van der Waals surface area contributed by atoms with E-state index in [4.69, 9.17) is 5.11 Å². The molecule has 1 heterocycles. The Kier molecular flexibility index (Phi) is 11.3. The first-order valence-corrected chi connectivity index (χ1v) is 11.4. The molecule has 5 nitrogen and oxygen atoms in total. The summed E-state index contributed by atoms with van der Waals surface area (Å²) < 4.78 is 0.712. The van der Waals surface area contributed by atoms with E-state index in [1.54, 1.807) is 6.92 Å². The Labute approximate surface area is 176 Å². The van der Waals surface area contributed by atoms with Gasteiger partial charge in [0.05, 0.1) is 6.10 Å². The summed E-state index contributed by atoms with van der Waals surface area (Å²) in [5.74, 6) is -0.100. The van der Waals surface area contributed by atoms with Crippen LogP contribution in [0, 0.1) is 11.8 Å². The number of thiazole rings is 1. The molecule has 28 heavy (non-hydrogen) atoms. The number of thioether (sulfide) groups is 1. The fraction of sp³-hybridized carbons (Fsp3) is 0.571. The number of carbonyl (C=O) groups excluding carboxylic acids is 1. The molecule has 0 radical (unpaired) electrons. The molecule has 156 valence electrons. The number of aliphatic hydroxyl groups excluding tert-OH is 1. The van der Waals surface area contributed by atoms with Crippen molar-refractivity contribution in [1.29, 1.82) is 0 Å². The van der Waals surface area contributed by atoms with Gasteiger partial charge in [-0.15, -0.1) is 17.9 Å². The van der Waals surface area contributed by atoms with Crippen molar-refractivity contribution in [2.75, 3.05) is 5.75 Å². The molecule has 0 aliphatic carbocycles. The minimum Gasteiger partial charge on any atom is -0.476 e. The van der Waals surface area contributed by atoms with Gasteiger partial charge in [0.25, 0.3) is 0 Å². The number of hydrogen-bond acceptors (Lipinski definition) is 6. The van der Waals surface area contributed by atoms with Gasteiger partial charge >= 0.3 is 5.97 Å². The van der Waals surface area contributed by atoms with Gasteiger partial charge < -0.3 is 10.2 Å². The third-order valence-electron chi connectivity index (χ3n) is 4.56. The number of rotatable bonds is 14. The van der Waals surface area contributed by atoms with E-state index in [9.17, 15) is 14.7 Å². The highest BCUT2D eigenvalue weighted by atomic mass is 32.2. The Morgan fingerprint density at radius 2 is 2.07 bits per heavy atom. The molecule has 1 aromatic rings. The maximum atomic E-state index is 12.2. The van der Waals surface area contributed by atoms with Crippen LogP contribution in [0.3, 0.4) is 0 Å². The highest BCUT2D eigenvalue weighted by Crippen LogP contribution is 2.28. The van der Waals surface area contributed by atoms with Crippen LogP contribution in [0.25, 0.3) is 0 Å². The number of carbonyl (C=O) groups is 2. The van der Waals surface area contributed by atoms with Crippen molar-refractivity contribution in [2.24, 2.45) is 11.8 Å². The summed E-state index contributed by atoms with van der Waals surface area (Å²) in [7, 11) is 0. The molecule has 0 fully saturated rings. The first kappa shape index (κ1) is 24.6. The number of Topliss-reactive ketones (excluding diaryl/α,β-unsaturated/α-hetero) is 1. The van der Waals surface area contributed by atoms with Gasteiger partial charge in [-0.05, 0) is 51.9 Å². The van der Waals surface area contributed by atoms with Gasteiger partial charge in [0.2, 0.25) is 0 Å². The summed E-state index contributed by atoms with van der Waals surface area (Å²) in [5, 5.41) is 20.5. The van der Waals surface area contributed by atoms with Crippen molar-refractivity contribution < 1.29 is 19.8 Å². The molecular weight excluding hydrogens is 394 g/mol. The molecule has 0 aliphatic heterocycles. The number of carboxylic acids is 1. The lowest BCUT2D eigenvalue weighted by Crippen LogP contribution is -2.21. The third kappa shape index (κ3) is 9.17. The Morgan fingerprint density at radius 1 is 1.36 bits per heavy atom. The van der Waals surface area contributed by atoms with Crippen molar-refractivity contribution in [3.8, 4) is 0 Å². The quantitative estimate of drug-likeness (QED) is 0.314. The SMILES string of the molecule is C=C(C)CC[C@H](O)C/C=C/[C@@H](CC)[C@@H](CCSc1nc(C(=O)O)cs1)C(C)=O. The second-order valence-electron chi connectivity index (χ2n) is 7.04. The van der Waals surface area contributed by atoms with E-state index < -0.39 is 5.97 Å². The first-order chi connectivity index (χ1) is 13.2. The van der Waals surface area contributed by atoms with Gasteiger partial charge in [0.15, 0.2) is 10.0 Å². The molecule has 0 spiro atoms. The van der Waals surface area contributed by atoms with Crippen LogP contribution >= 0.6 is 23.1 Å². The molecule has 0 saturated carbocycles. The molecule has 0 saturated heterocycles. The van der Waals surface area contributed by atoms with Crippen LogP contribution in [0.1, 0.15) is 63.4 Å². The fourth-order valence-corrected chi connectivity index (χ4v) is 4.80. The van der Waals surface area contributed by atoms with Gasteiger partial charge in [0, 0.05) is 17.1 Å². The van der Waals surface area contributed by atoms with E-state index in [0.717, 1.165) is 18.4 Å². The van der Waals surface area contributed by atoms with E-state index >= 15 is 0 Å². The second-order valence-corrected chi connectivity index (χ2v) is 9.24. The number of nitrogens with zero attached hydrogens (tertiary/aromatic N) is 1. The van der Waals surface area contributed by atoms with Crippen molar-refractivity contribution in [3.05, 3.63) is 35.4 Å². The third-order valence-corrected chi connectivity index (χ3v) is 6.62. The maximum absolute atomic E-state index is 12.2. The lowest BCUT2D eigenvalue weighted by atomic mass is 9.84. The Hall–Kier alpha value is -1.44. The maximum Gasteiger partial charge on any atom is 0.355 e. The number of allylic oxidation sites excluding steroid dienone is 2. The highest BCUT2D eigenvalue weighted by Gasteiger charge is 2.22. The standard InChI is InChI=1S/C21H31NO4S2/c1-5-16(7-6-8-17(24)10-9-14(2)3)18(15(4)23)11-12-27-21-22-19(13-28-21)20(25)26/h6-7,13,16-18,24H,2,5,8-12H2,1,3-4H3,(H,25,26)/b7-6+/t16-,17-,18+/m1/s1. The average molecular weight is 426 g/mol. The van der Waals surface area contributed by atoms with Gasteiger partial charge in [-0.3, -0.25) is 4.79 Å². The number of aliphatic hydroxyl groups is 1. The van der Waals surface area contributed by atoms with Crippen LogP contribution in [0.5, 0.6) is 0 Å². The number of hydrogen-bond donors (Lipinski definition) is 2. The summed E-state index contributed by atoms with van der Waals surface area (Å²) in [6.45, 7) is 9.50. The minimum absolute atomic E-state index is 0.0650. The summed E-state index contributed by atoms with van der Waals surface area (Å²) >= 11 is 2.80. The van der Waals surface area contributed by atoms with Gasteiger partial charge in [0.1, 0.15) is 5.78 Å². The van der Waals surface area contributed by atoms with Gasteiger partial charge in [-0.1, -0.05) is 36.4 Å². The number of ketones is 1. The predicted molar refractivity (Wildman–Crippen MR) is 116 cm³/mol. The van der Waals surface area contributed by atoms with Crippen LogP contribution in [0.4, 0.5) is 0 Å². The number of aromatic nitrogens is 1. The lowest BCUT2D eigenvalue weighted by Gasteiger charge is -2.21. The van der Waals surface area contributed by atoms with Crippen LogP contribution in [0.15, 0.2) is 34.0 Å². The Morgan fingerprint density at radius 3 is 2.61 bits per heavy atom. The molecule has 3 atom stereocenters. The summed E-state index contributed by atoms with van der Waals surface area (Å²) in [5.41, 5.74) is 1.13. The molecular formula is C21H31NO4S2. The molecule has 0 aliphatic rings. The van der Waals surface area contributed by atoms with Crippen LogP contribution in [-0.2, 0) is 4.79 Å². The highest BCUT2D eigenvalue weighted by molar-refractivity contribution is 8.01. The normalized spacial score (nSPS) is 14.7. The molecule has 0 bridgehead atoms. The molecule has 7 heteroatoms. The molecule has 0 amide bonds. The molecule has 0 unspecified atom stereocenters. The summed E-state index contributed by atoms with van der Waals surface area (Å²) in [6.07, 6.45) is 7.34. The largest absolute Gasteiger partial charge is 0.476 e. The monoisotopic (exact) mass is 425 g/mol. The minimum atomic E-state index is -1.02. The molecule has 0 aromatic carbocycles. The van der Waals surface area contributed by atoms with E-state index in [2.05, 4.69) is 24.6 Å². The average Bonchev–Trinajstić information content (AvgIpc) is 3.10. The van der Waals surface area contributed by atoms with Gasteiger partial charge in [-0.2, -0.15) is 0 Å². The predicted octanol–water partition coefficient (Wildman–Crippen LogP) is 5.22. The van der Waals surface area contributed by atoms with E-state index in [1.807, 2.05) is 13.0 Å². The van der Waals surface area contributed by atoms with Crippen molar-refractivity contribution >= 4 is 34.9 Å². The molecule has 2 N–H and O–H groups in total. The topological polar surface area (TPSA) is 87.5 Å². The van der Waals surface area contributed by atoms with Crippen LogP contribution < -0.4 is 0 Å². The number of aromatic carboxylic acids is 1. The zero-order valence-corrected chi connectivity index (χ0v) is 18.5. The number of carboxylic acid groups (broad SMARTS) is 1. The zero-order valence-electron chi connectivity index (χ0n) is 16.9. The van der Waals surface area contributed by atoms with Crippen molar-refractivity contribution in [3.63, 3.8) is 0 Å². The van der Waals surface area contributed by atoms with Crippen molar-refractivity contribution in [1.82, 2.24) is 4.98 Å². The summed E-state index contributed by atoms with van der Waals surface area (Å²) in [4.78, 5) is 27.1. The first-order valence-electron chi connectivity index (χ1n) is 9.55. The van der Waals surface area contributed by atoms with Crippen LogP contribution in [0.2, 0.25) is 0 Å². The van der Waals surface area contributed by atoms with Gasteiger partial charge in [-0.25, -0.2) is 9.78 Å². The molecule has 1 rings (SSSR count). The zero-order chi connectivity index (χ0) is 21.1. The smallest absolute Gasteiger partial charge is 0.355 e. The lowest BCUT2D eigenvalue weighted by molar-refractivity contribution is -0.121. The van der Waals surface area contributed by atoms with E-state index in [0.29, 0.717) is 29.4 Å². The van der Waals surface area contributed by atoms with E-state index in [1.165, 1.54) is 28.5 Å². The Balaban J connectivity index is 2.55. The van der Waals surface area contributed by atoms with E-state index in [-0.39, 0.29) is 29.4 Å². The second kappa shape index (κ2) is 12.9. The Bertz CT molecular complexity index is 684. The summed E-state index contributed by atoms with van der Waals surface area (Å²) in [6, 6.07) is 0. The van der Waals surface area contributed by atoms with Crippen LogP contribution in [-0.4, -0.2) is 38.8 Å². The van der Waals surface area contributed by atoms with Crippen molar-refractivity contribution in [2.45, 2.75) is 63.3 Å². The fourth-order valence-electron chi connectivity index (χ4n) is 2.91.